The SMILES string of the molecule is CCn1c(=O)[nH]c2ccc(C(=O)N3C[C@@H](N)[C@H](c4ccccc4F)C3)cc21. The van der Waals surface area contributed by atoms with Crippen LogP contribution in [0.5, 0.6) is 0 Å². The molecule has 1 amide bonds. The highest BCUT2D eigenvalue weighted by Gasteiger charge is 2.35. The largest absolute Gasteiger partial charge is 0.336 e. The van der Waals surface area contributed by atoms with E-state index in [9.17, 15) is 14.0 Å². The zero-order chi connectivity index (χ0) is 19.1. The van der Waals surface area contributed by atoms with Crippen LogP contribution in [0.25, 0.3) is 11.0 Å². The van der Waals surface area contributed by atoms with E-state index in [1.54, 1.807) is 45.9 Å². The number of nitrogens with two attached hydrogens (primary N) is 1. The van der Waals surface area contributed by atoms with Gasteiger partial charge in [0, 0.05) is 37.2 Å². The van der Waals surface area contributed by atoms with Crippen LogP contribution in [0, 0.1) is 5.82 Å². The van der Waals surface area contributed by atoms with E-state index in [2.05, 4.69) is 4.98 Å². The van der Waals surface area contributed by atoms with Crippen LogP contribution in [-0.2, 0) is 6.54 Å². The number of amides is 1. The molecule has 2 aromatic carbocycles. The topological polar surface area (TPSA) is 84.1 Å². The first kappa shape index (κ1) is 17.5. The van der Waals surface area contributed by atoms with Gasteiger partial charge >= 0.3 is 5.69 Å². The number of rotatable bonds is 3. The molecule has 3 aromatic rings. The zero-order valence-corrected chi connectivity index (χ0v) is 15.0. The molecule has 0 spiro atoms. The van der Waals surface area contributed by atoms with Crippen LogP contribution in [0.15, 0.2) is 47.3 Å². The van der Waals surface area contributed by atoms with Gasteiger partial charge < -0.3 is 15.6 Å². The summed E-state index contributed by atoms with van der Waals surface area (Å²) in [7, 11) is 0. The smallest absolute Gasteiger partial charge is 0.326 e. The summed E-state index contributed by atoms with van der Waals surface area (Å²) < 4.78 is 15.7. The van der Waals surface area contributed by atoms with Gasteiger partial charge in [0.1, 0.15) is 5.82 Å². The molecule has 0 saturated carbocycles. The molecule has 7 heteroatoms. The average molecular weight is 368 g/mol. The van der Waals surface area contributed by atoms with Gasteiger partial charge in [-0.05, 0) is 36.8 Å². The Morgan fingerprint density at radius 1 is 1.26 bits per heavy atom. The summed E-state index contributed by atoms with van der Waals surface area (Å²) >= 11 is 0. The minimum atomic E-state index is -0.323. The monoisotopic (exact) mass is 368 g/mol. The molecule has 6 nitrogen and oxygen atoms in total. The number of fused-ring (bicyclic) bond motifs is 1. The van der Waals surface area contributed by atoms with Crippen LogP contribution in [0.3, 0.4) is 0 Å². The van der Waals surface area contributed by atoms with E-state index in [0.717, 1.165) is 0 Å². The van der Waals surface area contributed by atoms with Crippen LogP contribution in [-0.4, -0.2) is 39.5 Å². The highest BCUT2D eigenvalue weighted by molar-refractivity contribution is 5.97. The number of imidazole rings is 1. The maximum absolute atomic E-state index is 14.1. The Bertz CT molecular complexity index is 1070. The number of likely N-dealkylation sites (tertiary alicyclic amines) is 1. The third-order valence-corrected chi connectivity index (χ3v) is 5.30. The molecular weight excluding hydrogens is 347 g/mol. The van der Waals surface area contributed by atoms with Gasteiger partial charge in [-0.15, -0.1) is 0 Å². The molecule has 0 bridgehead atoms. The molecule has 1 fully saturated rings. The van der Waals surface area contributed by atoms with E-state index >= 15 is 0 Å². The lowest BCUT2D eigenvalue weighted by molar-refractivity contribution is 0.0789. The van der Waals surface area contributed by atoms with Crippen molar-refractivity contribution in [3.8, 4) is 0 Å². The second-order valence-corrected chi connectivity index (χ2v) is 6.91. The molecule has 1 saturated heterocycles. The Hall–Kier alpha value is -2.93. The molecule has 27 heavy (non-hydrogen) atoms. The molecule has 2 atom stereocenters. The molecule has 140 valence electrons. The standard InChI is InChI=1S/C20H21FN4O2/c1-2-25-18-9-12(7-8-17(18)23-20(25)27)19(26)24-10-14(16(22)11-24)13-5-3-4-6-15(13)21/h3-9,14,16H,2,10-11,22H2,1H3,(H,23,27)/t14-,16+/m0/s1. The maximum Gasteiger partial charge on any atom is 0.326 e. The number of benzene rings is 2. The van der Waals surface area contributed by atoms with Crippen LogP contribution < -0.4 is 11.4 Å². The Kier molecular flexibility index (Phi) is 4.31. The number of H-pyrrole nitrogens is 1. The van der Waals surface area contributed by atoms with Crippen molar-refractivity contribution in [2.24, 2.45) is 5.73 Å². The van der Waals surface area contributed by atoms with Crippen molar-refractivity contribution >= 4 is 16.9 Å². The van der Waals surface area contributed by atoms with Crippen molar-refractivity contribution in [2.75, 3.05) is 13.1 Å². The van der Waals surface area contributed by atoms with E-state index in [1.807, 2.05) is 6.92 Å². The number of carbonyl (C=O) groups excluding carboxylic acids is 1. The van der Waals surface area contributed by atoms with E-state index in [-0.39, 0.29) is 29.4 Å². The molecule has 3 N–H and O–H groups in total. The average Bonchev–Trinajstić information content (AvgIpc) is 3.19. The van der Waals surface area contributed by atoms with E-state index in [0.29, 0.717) is 41.8 Å². The number of aryl methyl sites for hydroxylation is 1. The summed E-state index contributed by atoms with van der Waals surface area (Å²) in [6, 6.07) is 11.4. The summed E-state index contributed by atoms with van der Waals surface area (Å²) in [4.78, 5) is 29.4. The van der Waals surface area contributed by atoms with Crippen molar-refractivity contribution in [2.45, 2.75) is 25.4 Å². The number of hydrogen-bond donors (Lipinski definition) is 2. The van der Waals surface area contributed by atoms with Crippen molar-refractivity contribution in [1.82, 2.24) is 14.5 Å². The first-order valence-corrected chi connectivity index (χ1v) is 9.01. The summed E-state index contributed by atoms with van der Waals surface area (Å²) in [5.74, 6) is -0.699. The molecule has 1 aromatic heterocycles. The third kappa shape index (κ3) is 2.94. The quantitative estimate of drug-likeness (QED) is 0.742. The second kappa shape index (κ2) is 6.66. The Morgan fingerprint density at radius 3 is 2.78 bits per heavy atom. The molecule has 4 rings (SSSR count). The van der Waals surface area contributed by atoms with Gasteiger partial charge in [-0.2, -0.15) is 0 Å². The lowest BCUT2D eigenvalue weighted by Gasteiger charge is -2.17. The molecule has 2 heterocycles. The van der Waals surface area contributed by atoms with E-state index < -0.39 is 0 Å². The predicted octanol–water partition coefficient (Wildman–Crippen LogP) is 2.06. The van der Waals surface area contributed by atoms with Crippen LogP contribution in [0.1, 0.15) is 28.8 Å². The lowest BCUT2D eigenvalue weighted by Crippen LogP contribution is -2.32. The molecule has 0 aliphatic carbocycles. The Morgan fingerprint density at radius 2 is 2.04 bits per heavy atom. The number of halogens is 1. The molecule has 1 aliphatic rings. The van der Waals surface area contributed by atoms with E-state index in [1.165, 1.54) is 6.07 Å². The number of hydrogen-bond acceptors (Lipinski definition) is 3. The van der Waals surface area contributed by atoms with Gasteiger partial charge in [0.2, 0.25) is 0 Å². The fourth-order valence-electron chi connectivity index (χ4n) is 3.88. The predicted molar refractivity (Wildman–Crippen MR) is 101 cm³/mol. The minimum Gasteiger partial charge on any atom is -0.336 e. The van der Waals surface area contributed by atoms with Gasteiger partial charge in [0.15, 0.2) is 0 Å². The molecule has 0 unspecified atom stereocenters. The first-order chi connectivity index (χ1) is 13.0. The number of aromatic nitrogens is 2. The van der Waals surface area contributed by atoms with Gasteiger partial charge in [0.05, 0.1) is 11.0 Å². The van der Waals surface area contributed by atoms with Crippen molar-refractivity contribution < 1.29 is 9.18 Å². The van der Waals surface area contributed by atoms with Crippen LogP contribution >= 0.6 is 0 Å². The number of aromatic amines is 1. The fraction of sp³-hybridized carbons (Fsp3) is 0.300. The van der Waals surface area contributed by atoms with Crippen LogP contribution in [0.4, 0.5) is 4.39 Å². The number of nitrogens with one attached hydrogen (secondary N) is 1. The summed E-state index contributed by atoms with van der Waals surface area (Å²) in [6.45, 7) is 3.12. The molecule has 1 aliphatic heterocycles. The Labute approximate surface area is 155 Å². The van der Waals surface area contributed by atoms with Crippen molar-refractivity contribution in [3.63, 3.8) is 0 Å². The molecular formula is C20H21FN4O2. The second-order valence-electron chi connectivity index (χ2n) is 6.91. The van der Waals surface area contributed by atoms with Crippen LogP contribution in [0.2, 0.25) is 0 Å². The van der Waals surface area contributed by atoms with Crippen molar-refractivity contribution in [3.05, 3.63) is 69.9 Å². The lowest BCUT2D eigenvalue weighted by atomic mass is 9.94. The summed E-state index contributed by atoms with van der Waals surface area (Å²) in [5.41, 5.74) is 8.45. The summed E-state index contributed by atoms with van der Waals surface area (Å²) in [5, 5.41) is 0. The van der Waals surface area contributed by atoms with Gasteiger partial charge in [-0.25, -0.2) is 9.18 Å². The first-order valence-electron chi connectivity index (χ1n) is 9.01. The normalized spacial score (nSPS) is 19.7. The Balaban J connectivity index is 1.63. The van der Waals surface area contributed by atoms with E-state index in [4.69, 9.17) is 5.73 Å². The zero-order valence-electron chi connectivity index (χ0n) is 15.0. The highest BCUT2D eigenvalue weighted by atomic mass is 19.1. The van der Waals surface area contributed by atoms with Crippen molar-refractivity contribution in [1.29, 1.82) is 0 Å². The van der Waals surface area contributed by atoms with Gasteiger partial charge in [-0.3, -0.25) is 9.36 Å². The molecule has 0 radical (unpaired) electrons. The summed E-state index contributed by atoms with van der Waals surface area (Å²) in [6.07, 6.45) is 0. The number of nitrogens with zero attached hydrogens (tertiary/aromatic N) is 2. The maximum atomic E-state index is 14.1. The van der Waals surface area contributed by atoms with Gasteiger partial charge in [-0.1, -0.05) is 18.2 Å². The third-order valence-electron chi connectivity index (χ3n) is 5.30. The highest BCUT2D eigenvalue weighted by Crippen LogP contribution is 2.29. The number of carbonyl (C=O) groups is 1. The van der Waals surface area contributed by atoms with Gasteiger partial charge in [0.25, 0.3) is 5.91 Å². The minimum absolute atomic E-state index is 0.164. The fourth-order valence-corrected chi connectivity index (χ4v) is 3.88.